The van der Waals surface area contributed by atoms with Crippen molar-refractivity contribution in [2.24, 2.45) is 5.73 Å². The van der Waals surface area contributed by atoms with Gasteiger partial charge in [-0.3, -0.25) is 9.48 Å². The molecule has 5 N–H and O–H groups in total. The molecule has 0 saturated carbocycles. The highest BCUT2D eigenvalue weighted by molar-refractivity contribution is 5.83. The third-order valence-corrected chi connectivity index (χ3v) is 2.67. The van der Waals surface area contributed by atoms with Crippen molar-refractivity contribution in [3.05, 3.63) is 18.0 Å². The van der Waals surface area contributed by atoms with E-state index in [1.165, 1.54) is 0 Å². The molecular weight excluding hydrogens is 278 g/mol. The lowest BCUT2D eigenvalue weighted by molar-refractivity contribution is -0.139. The van der Waals surface area contributed by atoms with E-state index in [1.807, 2.05) is 13.1 Å². The summed E-state index contributed by atoms with van der Waals surface area (Å²) < 4.78 is 1.66. The summed E-state index contributed by atoms with van der Waals surface area (Å²) in [7, 11) is 0. The van der Waals surface area contributed by atoms with Gasteiger partial charge in [0.1, 0.15) is 6.04 Å². The molecule has 0 aliphatic heterocycles. The fourth-order valence-corrected chi connectivity index (χ4v) is 1.63. The second-order valence-electron chi connectivity index (χ2n) is 4.58. The maximum atomic E-state index is 11.6. The lowest BCUT2D eigenvalue weighted by Gasteiger charge is -2.14. The first-order valence-corrected chi connectivity index (χ1v) is 6.43. The standard InChI is InChI=1S/C12H19N5O4/c1-8-6-15-17(7-8)5-4-14-12(21)16-9(11(19)20)2-3-10(13)18/h6-7,9H,2-5H2,1H3,(H2,13,18)(H,19,20)(H2,14,16,21)/t9-/m0/s1. The number of aromatic nitrogens is 2. The molecule has 0 aromatic carbocycles. The van der Waals surface area contributed by atoms with Crippen molar-refractivity contribution in [1.82, 2.24) is 20.4 Å². The normalized spacial score (nSPS) is 11.7. The van der Waals surface area contributed by atoms with E-state index in [2.05, 4.69) is 15.7 Å². The molecule has 0 radical (unpaired) electrons. The highest BCUT2D eigenvalue weighted by Gasteiger charge is 2.20. The number of carbonyl (C=O) groups is 3. The minimum absolute atomic E-state index is 0.0452. The molecule has 0 aliphatic carbocycles. The van der Waals surface area contributed by atoms with Crippen molar-refractivity contribution < 1.29 is 19.5 Å². The van der Waals surface area contributed by atoms with Crippen LogP contribution in [0.3, 0.4) is 0 Å². The zero-order chi connectivity index (χ0) is 15.8. The summed E-state index contributed by atoms with van der Waals surface area (Å²) in [6, 6.07) is -1.76. The molecule has 1 aromatic rings. The van der Waals surface area contributed by atoms with E-state index in [0.29, 0.717) is 13.1 Å². The molecule has 0 unspecified atom stereocenters. The van der Waals surface area contributed by atoms with Crippen LogP contribution in [0.25, 0.3) is 0 Å². The number of nitrogens with one attached hydrogen (secondary N) is 2. The van der Waals surface area contributed by atoms with Crippen LogP contribution in [0.4, 0.5) is 4.79 Å². The quantitative estimate of drug-likeness (QED) is 0.498. The van der Waals surface area contributed by atoms with E-state index >= 15 is 0 Å². The summed E-state index contributed by atoms with van der Waals surface area (Å²) in [5.41, 5.74) is 5.96. The number of aliphatic carboxylic acids is 1. The van der Waals surface area contributed by atoms with E-state index in [4.69, 9.17) is 10.8 Å². The van der Waals surface area contributed by atoms with Crippen LogP contribution in [-0.4, -0.2) is 45.4 Å². The molecule has 1 aromatic heterocycles. The predicted molar refractivity (Wildman–Crippen MR) is 73.4 cm³/mol. The second kappa shape index (κ2) is 7.88. The topological polar surface area (TPSA) is 139 Å². The number of rotatable bonds is 8. The minimum Gasteiger partial charge on any atom is -0.480 e. The smallest absolute Gasteiger partial charge is 0.326 e. The van der Waals surface area contributed by atoms with Gasteiger partial charge in [-0.2, -0.15) is 5.10 Å². The highest BCUT2D eigenvalue weighted by Crippen LogP contribution is 1.97. The minimum atomic E-state index is -1.21. The number of nitrogens with zero attached hydrogens (tertiary/aromatic N) is 2. The van der Waals surface area contributed by atoms with Gasteiger partial charge >= 0.3 is 12.0 Å². The molecule has 0 bridgehead atoms. The van der Waals surface area contributed by atoms with E-state index in [1.54, 1.807) is 10.9 Å². The maximum Gasteiger partial charge on any atom is 0.326 e. The van der Waals surface area contributed by atoms with Gasteiger partial charge in [0.15, 0.2) is 0 Å². The molecule has 9 heteroatoms. The van der Waals surface area contributed by atoms with E-state index in [0.717, 1.165) is 5.56 Å². The Morgan fingerprint density at radius 2 is 2.19 bits per heavy atom. The molecule has 9 nitrogen and oxygen atoms in total. The van der Waals surface area contributed by atoms with Crippen LogP contribution in [0.2, 0.25) is 0 Å². The largest absolute Gasteiger partial charge is 0.480 e. The summed E-state index contributed by atoms with van der Waals surface area (Å²) >= 11 is 0. The number of carboxylic acid groups (broad SMARTS) is 1. The summed E-state index contributed by atoms with van der Waals surface area (Å²) in [6.45, 7) is 2.68. The van der Waals surface area contributed by atoms with Gasteiger partial charge in [0.25, 0.3) is 0 Å². The highest BCUT2D eigenvalue weighted by atomic mass is 16.4. The Hall–Kier alpha value is -2.58. The number of hydrogen-bond acceptors (Lipinski definition) is 4. The molecule has 3 amide bonds. The zero-order valence-corrected chi connectivity index (χ0v) is 11.7. The van der Waals surface area contributed by atoms with Gasteiger partial charge in [-0.25, -0.2) is 9.59 Å². The summed E-state index contributed by atoms with van der Waals surface area (Å²) in [5.74, 6) is -1.83. The first kappa shape index (κ1) is 16.5. The van der Waals surface area contributed by atoms with Gasteiger partial charge in [0.2, 0.25) is 5.91 Å². The van der Waals surface area contributed by atoms with Crippen molar-refractivity contribution in [3.8, 4) is 0 Å². The zero-order valence-electron chi connectivity index (χ0n) is 11.7. The van der Waals surface area contributed by atoms with Crippen molar-refractivity contribution >= 4 is 17.9 Å². The molecule has 0 saturated heterocycles. The Bertz CT molecular complexity index is 514. The van der Waals surface area contributed by atoms with Crippen LogP contribution in [0, 0.1) is 6.92 Å². The average molecular weight is 297 g/mol. The van der Waals surface area contributed by atoms with Crippen LogP contribution in [0.5, 0.6) is 0 Å². The molecule has 1 rings (SSSR count). The maximum absolute atomic E-state index is 11.6. The Kier molecular flexibility index (Phi) is 6.18. The Labute approximate surface area is 121 Å². The molecule has 1 atom stereocenters. The average Bonchev–Trinajstić information content (AvgIpc) is 2.79. The summed E-state index contributed by atoms with van der Waals surface area (Å²) in [6.07, 6.45) is 3.37. The summed E-state index contributed by atoms with van der Waals surface area (Å²) in [4.78, 5) is 33.1. The fourth-order valence-electron chi connectivity index (χ4n) is 1.63. The number of urea groups is 1. The van der Waals surface area contributed by atoms with Crippen LogP contribution in [0.15, 0.2) is 12.4 Å². The Morgan fingerprint density at radius 3 is 2.71 bits per heavy atom. The van der Waals surface area contributed by atoms with Crippen molar-refractivity contribution in [1.29, 1.82) is 0 Å². The molecule has 21 heavy (non-hydrogen) atoms. The fraction of sp³-hybridized carbons (Fsp3) is 0.500. The number of hydrogen-bond donors (Lipinski definition) is 4. The molecule has 1 heterocycles. The number of nitrogens with two attached hydrogens (primary N) is 1. The molecule has 116 valence electrons. The van der Waals surface area contributed by atoms with E-state index in [9.17, 15) is 14.4 Å². The number of primary amides is 1. The van der Waals surface area contributed by atoms with Gasteiger partial charge in [0.05, 0.1) is 12.7 Å². The first-order chi connectivity index (χ1) is 9.88. The lowest BCUT2D eigenvalue weighted by atomic mass is 10.1. The SMILES string of the molecule is Cc1cnn(CCNC(=O)N[C@@H](CCC(N)=O)C(=O)O)c1. The van der Waals surface area contributed by atoms with Crippen LogP contribution < -0.4 is 16.4 Å². The Balaban J connectivity index is 2.32. The second-order valence-corrected chi connectivity index (χ2v) is 4.58. The van der Waals surface area contributed by atoms with E-state index in [-0.39, 0.29) is 12.8 Å². The van der Waals surface area contributed by atoms with Crippen LogP contribution >= 0.6 is 0 Å². The molecular formula is C12H19N5O4. The third-order valence-electron chi connectivity index (χ3n) is 2.67. The summed E-state index contributed by atoms with van der Waals surface area (Å²) in [5, 5.41) is 17.8. The van der Waals surface area contributed by atoms with Gasteiger partial charge in [-0.05, 0) is 18.9 Å². The van der Waals surface area contributed by atoms with Crippen molar-refractivity contribution in [2.75, 3.05) is 6.54 Å². The molecule has 0 fully saturated rings. The van der Waals surface area contributed by atoms with Crippen molar-refractivity contribution in [2.45, 2.75) is 32.4 Å². The van der Waals surface area contributed by atoms with Gasteiger partial charge < -0.3 is 21.5 Å². The number of amides is 3. The van der Waals surface area contributed by atoms with Gasteiger partial charge in [0, 0.05) is 19.2 Å². The molecule has 0 spiro atoms. The van der Waals surface area contributed by atoms with Crippen molar-refractivity contribution in [3.63, 3.8) is 0 Å². The number of carboxylic acids is 1. The van der Waals surface area contributed by atoms with Gasteiger partial charge in [-0.15, -0.1) is 0 Å². The van der Waals surface area contributed by atoms with Crippen LogP contribution in [-0.2, 0) is 16.1 Å². The predicted octanol–water partition coefficient (Wildman–Crippen LogP) is -0.791. The first-order valence-electron chi connectivity index (χ1n) is 6.43. The van der Waals surface area contributed by atoms with Gasteiger partial charge in [-0.1, -0.05) is 0 Å². The third kappa shape index (κ3) is 6.41. The molecule has 0 aliphatic rings. The Morgan fingerprint density at radius 1 is 1.48 bits per heavy atom. The monoisotopic (exact) mass is 297 g/mol. The lowest BCUT2D eigenvalue weighted by Crippen LogP contribution is -2.47. The number of aryl methyl sites for hydroxylation is 1. The van der Waals surface area contributed by atoms with E-state index < -0.39 is 23.9 Å². The van der Waals surface area contributed by atoms with Crippen LogP contribution in [0.1, 0.15) is 18.4 Å². The number of carbonyl (C=O) groups excluding carboxylic acids is 2.